The highest BCUT2D eigenvalue weighted by atomic mass is 32.2. The van der Waals surface area contributed by atoms with Crippen molar-refractivity contribution in [2.24, 2.45) is 5.92 Å². The van der Waals surface area contributed by atoms with Crippen LogP contribution in [0.5, 0.6) is 0 Å². The summed E-state index contributed by atoms with van der Waals surface area (Å²) in [5.41, 5.74) is 1.15. The van der Waals surface area contributed by atoms with Crippen molar-refractivity contribution in [2.45, 2.75) is 43.6 Å². The predicted octanol–water partition coefficient (Wildman–Crippen LogP) is 2.44. The molecule has 3 rings (SSSR count). The Kier molecular flexibility index (Phi) is 4.33. The van der Waals surface area contributed by atoms with Gasteiger partial charge in [0.1, 0.15) is 0 Å². The van der Waals surface area contributed by atoms with Gasteiger partial charge in [0.05, 0.1) is 11.0 Å². The van der Waals surface area contributed by atoms with E-state index < -0.39 is 10.0 Å². The third-order valence-electron chi connectivity index (χ3n) is 4.34. The molecule has 4 nitrogen and oxygen atoms in total. The topological polar surface area (TPSA) is 46.6 Å². The van der Waals surface area contributed by atoms with E-state index in [1.807, 2.05) is 12.1 Å². The number of sulfonamides is 1. The molecule has 1 unspecified atom stereocenters. The van der Waals surface area contributed by atoms with E-state index in [1.54, 1.807) is 16.4 Å². The molecule has 0 spiro atoms. The van der Waals surface area contributed by atoms with E-state index >= 15 is 0 Å². The van der Waals surface area contributed by atoms with Crippen LogP contribution in [0.4, 0.5) is 0 Å². The van der Waals surface area contributed by atoms with Crippen molar-refractivity contribution in [1.29, 1.82) is 0 Å². The minimum Gasteiger partial charge on any atom is -0.377 e. The number of rotatable bonds is 6. The third kappa shape index (κ3) is 3.47. The highest BCUT2D eigenvalue weighted by Crippen LogP contribution is 2.30. The fraction of sp³-hybridized carbons (Fsp3) is 0.625. The lowest BCUT2D eigenvalue weighted by Crippen LogP contribution is -2.30. The number of nitrogens with zero attached hydrogens (tertiary/aromatic N) is 1. The van der Waals surface area contributed by atoms with Crippen LogP contribution in [0.2, 0.25) is 0 Å². The van der Waals surface area contributed by atoms with Gasteiger partial charge in [0.15, 0.2) is 0 Å². The summed E-state index contributed by atoms with van der Waals surface area (Å²) in [6, 6.07) is 7.22. The van der Waals surface area contributed by atoms with Crippen LogP contribution in [0.25, 0.3) is 0 Å². The van der Waals surface area contributed by atoms with Gasteiger partial charge in [-0.05, 0) is 49.3 Å². The highest BCUT2D eigenvalue weighted by Gasteiger charge is 2.34. The molecule has 1 saturated carbocycles. The Labute approximate surface area is 127 Å². The summed E-state index contributed by atoms with van der Waals surface area (Å²) in [5, 5.41) is 0. The van der Waals surface area contributed by atoms with Gasteiger partial charge in [-0.1, -0.05) is 19.1 Å². The van der Waals surface area contributed by atoms with Crippen molar-refractivity contribution in [3.05, 3.63) is 29.8 Å². The van der Waals surface area contributed by atoms with Crippen molar-refractivity contribution in [3.8, 4) is 0 Å². The second kappa shape index (κ2) is 6.07. The van der Waals surface area contributed by atoms with E-state index in [9.17, 15) is 8.42 Å². The average molecular weight is 309 g/mol. The first-order chi connectivity index (χ1) is 10.1. The molecule has 2 aliphatic rings. The summed E-state index contributed by atoms with van der Waals surface area (Å²) in [6.45, 7) is 3.91. The van der Waals surface area contributed by atoms with Gasteiger partial charge < -0.3 is 4.74 Å². The summed E-state index contributed by atoms with van der Waals surface area (Å²) < 4.78 is 32.6. The van der Waals surface area contributed by atoms with E-state index in [4.69, 9.17) is 4.74 Å². The molecule has 0 amide bonds. The molecule has 116 valence electrons. The molecule has 0 radical (unpaired) electrons. The first kappa shape index (κ1) is 15.0. The molecule has 0 aromatic heterocycles. The fourth-order valence-electron chi connectivity index (χ4n) is 2.65. The molecule has 5 heteroatoms. The molecule has 1 aromatic rings. The molecule has 1 aromatic carbocycles. The van der Waals surface area contributed by atoms with Gasteiger partial charge in [0.25, 0.3) is 0 Å². The second-order valence-corrected chi connectivity index (χ2v) is 7.99. The van der Waals surface area contributed by atoms with E-state index in [0.717, 1.165) is 30.9 Å². The van der Waals surface area contributed by atoms with Crippen molar-refractivity contribution in [3.63, 3.8) is 0 Å². The maximum absolute atomic E-state index is 12.6. The number of ether oxygens (including phenoxy) is 1. The molecule has 0 bridgehead atoms. The highest BCUT2D eigenvalue weighted by molar-refractivity contribution is 7.89. The Bertz CT molecular complexity index is 578. The lowest BCUT2D eigenvalue weighted by molar-refractivity contribution is 0.0561. The minimum atomic E-state index is -3.37. The molecule has 2 fully saturated rings. The van der Waals surface area contributed by atoms with Crippen LogP contribution in [-0.4, -0.2) is 38.5 Å². The summed E-state index contributed by atoms with van der Waals surface area (Å²) in [7, 11) is -3.37. The molecule has 0 N–H and O–H groups in total. The van der Waals surface area contributed by atoms with Crippen molar-refractivity contribution in [1.82, 2.24) is 4.31 Å². The van der Waals surface area contributed by atoms with Crippen LogP contribution in [0, 0.1) is 5.92 Å². The SMILES string of the molecule is CCc1ccc(S(=O)(=O)N2CCC(OCC3CC3)C2)cc1. The standard InChI is InChI=1S/C16H23NO3S/c1-2-13-5-7-16(8-6-13)21(18,19)17-10-9-15(11-17)20-12-14-3-4-14/h5-8,14-15H,2-4,9-12H2,1H3. The zero-order valence-electron chi connectivity index (χ0n) is 12.5. The molecular formula is C16H23NO3S. The molecule has 1 aliphatic heterocycles. The van der Waals surface area contributed by atoms with Crippen LogP contribution < -0.4 is 0 Å². The van der Waals surface area contributed by atoms with Crippen molar-refractivity contribution in [2.75, 3.05) is 19.7 Å². The first-order valence-corrected chi connectivity index (χ1v) is 9.24. The summed E-state index contributed by atoms with van der Waals surface area (Å²) in [5.74, 6) is 0.720. The number of hydrogen-bond acceptors (Lipinski definition) is 3. The Morgan fingerprint density at radius 3 is 2.52 bits per heavy atom. The van der Waals surface area contributed by atoms with E-state index in [2.05, 4.69) is 6.92 Å². The maximum Gasteiger partial charge on any atom is 0.243 e. The number of benzene rings is 1. The van der Waals surface area contributed by atoms with Crippen LogP contribution in [0.3, 0.4) is 0 Å². The molecule has 1 atom stereocenters. The van der Waals surface area contributed by atoms with Gasteiger partial charge in [-0.2, -0.15) is 4.31 Å². The van der Waals surface area contributed by atoms with Crippen LogP contribution in [-0.2, 0) is 21.2 Å². The Morgan fingerprint density at radius 2 is 1.90 bits per heavy atom. The lowest BCUT2D eigenvalue weighted by Gasteiger charge is -2.17. The van der Waals surface area contributed by atoms with Gasteiger partial charge in [0.2, 0.25) is 10.0 Å². The van der Waals surface area contributed by atoms with Crippen LogP contribution in [0.1, 0.15) is 31.7 Å². The zero-order valence-corrected chi connectivity index (χ0v) is 13.3. The summed E-state index contributed by atoms with van der Waals surface area (Å²) in [6.07, 6.45) is 4.31. The van der Waals surface area contributed by atoms with Gasteiger partial charge >= 0.3 is 0 Å². The summed E-state index contributed by atoms with van der Waals surface area (Å²) >= 11 is 0. The van der Waals surface area contributed by atoms with E-state index in [0.29, 0.717) is 18.0 Å². The van der Waals surface area contributed by atoms with E-state index in [1.165, 1.54) is 12.8 Å². The Hall–Kier alpha value is -0.910. The van der Waals surface area contributed by atoms with Gasteiger partial charge in [0, 0.05) is 19.7 Å². The van der Waals surface area contributed by atoms with Crippen LogP contribution in [0.15, 0.2) is 29.2 Å². The molecule has 21 heavy (non-hydrogen) atoms. The van der Waals surface area contributed by atoms with Gasteiger partial charge in [-0.15, -0.1) is 0 Å². The molecule has 1 heterocycles. The molecular weight excluding hydrogens is 286 g/mol. The number of hydrogen-bond donors (Lipinski definition) is 0. The van der Waals surface area contributed by atoms with E-state index in [-0.39, 0.29) is 6.10 Å². The second-order valence-electron chi connectivity index (χ2n) is 6.05. The largest absolute Gasteiger partial charge is 0.377 e. The fourth-order valence-corrected chi connectivity index (χ4v) is 4.14. The average Bonchev–Trinajstić information content (AvgIpc) is 3.21. The zero-order chi connectivity index (χ0) is 14.9. The number of aryl methyl sites for hydroxylation is 1. The monoisotopic (exact) mass is 309 g/mol. The third-order valence-corrected chi connectivity index (χ3v) is 6.22. The quantitative estimate of drug-likeness (QED) is 0.811. The van der Waals surface area contributed by atoms with Crippen LogP contribution >= 0.6 is 0 Å². The first-order valence-electron chi connectivity index (χ1n) is 7.80. The molecule has 1 saturated heterocycles. The van der Waals surface area contributed by atoms with Gasteiger partial charge in [-0.25, -0.2) is 8.42 Å². The normalized spacial score (nSPS) is 23.6. The Balaban J connectivity index is 1.63. The van der Waals surface area contributed by atoms with Crippen molar-refractivity contribution < 1.29 is 13.2 Å². The smallest absolute Gasteiger partial charge is 0.243 e. The Morgan fingerprint density at radius 1 is 1.19 bits per heavy atom. The van der Waals surface area contributed by atoms with Gasteiger partial charge in [-0.3, -0.25) is 0 Å². The lowest BCUT2D eigenvalue weighted by atomic mass is 10.2. The maximum atomic E-state index is 12.6. The summed E-state index contributed by atoms with van der Waals surface area (Å²) in [4.78, 5) is 0.391. The van der Waals surface area contributed by atoms with Crippen molar-refractivity contribution >= 4 is 10.0 Å². The molecule has 1 aliphatic carbocycles. The minimum absolute atomic E-state index is 0.0651. The predicted molar refractivity (Wildman–Crippen MR) is 81.7 cm³/mol.